The standard InChI is InChI=1S/C22H24N6OS/c1-14-7-8-16(11-15(14)2)18-12-19-21-24-25-22(27(21)9-10-28(19)26-18)30-13-20(29)23-17-5-3-4-6-17/h7-12,17H,3-6,13H2,1-2H3,(H,23,29). The lowest BCUT2D eigenvalue weighted by atomic mass is 10.0. The van der Waals surface area contributed by atoms with Crippen LogP contribution in [0.5, 0.6) is 0 Å². The van der Waals surface area contributed by atoms with E-state index in [1.807, 2.05) is 27.4 Å². The van der Waals surface area contributed by atoms with Gasteiger partial charge in [0.2, 0.25) is 5.91 Å². The third kappa shape index (κ3) is 3.56. The zero-order valence-electron chi connectivity index (χ0n) is 17.1. The lowest BCUT2D eigenvalue weighted by molar-refractivity contribution is -0.119. The molecule has 30 heavy (non-hydrogen) atoms. The maximum Gasteiger partial charge on any atom is 0.230 e. The van der Waals surface area contributed by atoms with Crippen LogP contribution in [0, 0.1) is 13.8 Å². The molecular weight excluding hydrogens is 396 g/mol. The molecule has 154 valence electrons. The van der Waals surface area contributed by atoms with Crippen LogP contribution >= 0.6 is 11.8 Å². The van der Waals surface area contributed by atoms with Crippen molar-refractivity contribution < 1.29 is 4.79 Å². The van der Waals surface area contributed by atoms with Gasteiger partial charge in [-0.2, -0.15) is 5.10 Å². The summed E-state index contributed by atoms with van der Waals surface area (Å²) in [5, 5.41) is 17.2. The molecule has 0 spiro atoms. The van der Waals surface area contributed by atoms with Gasteiger partial charge < -0.3 is 5.32 Å². The Morgan fingerprint density at radius 2 is 1.97 bits per heavy atom. The summed E-state index contributed by atoms with van der Waals surface area (Å²) in [7, 11) is 0. The van der Waals surface area contributed by atoms with E-state index in [1.165, 1.54) is 35.7 Å². The molecule has 3 heterocycles. The van der Waals surface area contributed by atoms with Crippen LogP contribution < -0.4 is 5.32 Å². The number of carbonyl (C=O) groups is 1. The Bertz CT molecular complexity index is 1240. The van der Waals surface area contributed by atoms with Gasteiger partial charge in [-0.3, -0.25) is 9.20 Å². The number of rotatable bonds is 5. The molecule has 3 aromatic heterocycles. The molecular formula is C22H24N6OS. The van der Waals surface area contributed by atoms with E-state index >= 15 is 0 Å². The zero-order valence-corrected chi connectivity index (χ0v) is 17.9. The van der Waals surface area contributed by atoms with Crippen LogP contribution in [0.1, 0.15) is 36.8 Å². The van der Waals surface area contributed by atoms with Gasteiger partial charge in [-0.25, -0.2) is 4.52 Å². The minimum Gasteiger partial charge on any atom is -0.353 e. The molecule has 0 radical (unpaired) electrons. The van der Waals surface area contributed by atoms with E-state index in [-0.39, 0.29) is 5.91 Å². The Morgan fingerprint density at radius 1 is 1.13 bits per heavy atom. The second-order valence-electron chi connectivity index (χ2n) is 7.97. The number of hydrogen-bond donors (Lipinski definition) is 1. The van der Waals surface area contributed by atoms with Crippen LogP contribution in [0.25, 0.3) is 22.4 Å². The SMILES string of the molecule is Cc1ccc(-c2cc3c4nnc(SCC(=O)NC5CCCC5)n4ccn3n2)cc1C. The minimum absolute atomic E-state index is 0.0612. The van der Waals surface area contributed by atoms with E-state index in [4.69, 9.17) is 5.10 Å². The van der Waals surface area contributed by atoms with Crippen molar-refractivity contribution in [1.29, 1.82) is 0 Å². The van der Waals surface area contributed by atoms with Crippen LogP contribution in [0.15, 0.2) is 41.8 Å². The highest BCUT2D eigenvalue weighted by atomic mass is 32.2. The van der Waals surface area contributed by atoms with Crippen molar-refractivity contribution in [2.75, 3.05) is 5.75 Å². The van der Waals surface area contributed by atoms with Gasteiger partial charge in [0.25, 0.3) is 0 Å². The van der Waals surface area contributed by atoms with Gasteiger partial charge >= 0.3 is 0 Å². The van der Waals surface area contributed by atoms with Crippen LogP contribution in [0.3, 0.4) is 0 Å². The molecule has 1 fully saturated rings. The average Bonchev–Trinajstić information content (AvgIpc) is 3.47. The minimum atomic E-state index is 0.0612. The molecule has 1 aliphatic carbocycles. The van der Waals surface area contributed by atoms with Crippen molar-refractivity contribution in [3.8, 4) is 11.3 Å². The molecule has 7 nitrogen and oxygen atoms in total. The number of aryl methyl sites for hydroxylation is 2. The Labute approximate surface area is 178 Å². The number of nitrogens with zero attached hydrogens (tertiary/aromatic N) is 5. The highest BCUT2D eigenvalue weighted by Crippen LogP contribution is 2.25. The lowest BCUT2D eigenvalue weighted by Gasteiger charge is -2.10. The molecule has 0 saturated heterocycles. The lowest BCUT2D eigenvalue weighted by Crippen LogP contribution is -2.33. The second kappa shape index (κ2) is 7.75. The Kier molecular flexibility index (Phi) is 4.94. The van der Waals surface area contributed by atoms with Crippen molar-refractivity contribution in [3.63, 3.8) is 0 Å². The number of carbonyl (C=O) groups excluding carboxylic acids is 1. The fourth-order valence-corrected chi connectivity index (χ4v) is 4.73. The first-order chi connectivity index (χ1) is 14.6. The second-order valence-corrected chi connectivity index (χ2v) is 8.91. The smallest absolute Gasteiger partial charge is 0.230 e. The number of amides is 1. The van der Waals surface area contributed by atoms with Gasteiger partial charge in [0.15, 0.2) is 10.8 Å². The predicted molar refractivity (Wildman–Crippen MR) is 118 cm³/mol. The Morgan fingerprint density at radius 3 is 2.77 bits per heavy atom. The summed E-state index contributed by atoms with van der Waals surface area (Å²) in [6.45, 7) is 4.22. The van der Waals surface area contributed by atoms with Gasteiger partial charge in [-0.1, -0.05) is 36.7 Å². The van der Waals surface area contributed by atoms with E-state index in [0.29, 0.717) is 17.0 Å². The molecule has 0 unspecified atom stereocenters. The largest absolute Gasteiger partial charge is 0.353 e. The van der Waals surface area contributed by atoms with E-state index in [1.54, 1.807) is 0 Å². The third-order valence-corrected chi connectivity index (χ3v) is 6.78. The molecule has 5 rings (SSSR count). The van der Waals surface area contributed by atoms with Gasteiger partial charge in [0, 0.05) is 24.0 Å². The third-order valence-electron chi connectivity index (χ3n) is 5.84. The first-order valence-electron chi connectivity index (χ1n) is 10.3. The van der Waals surface area contributed by atoms with Gasteiger partial charge in [-0.05, 0) is 49.9 Å². The fraction of sp³-hybridized carbons (Fsp3) is 0.364. The van der Waals surface area contributed by atoms with Crippen molar-refractivity contribution in [1.82, 2.24) is 29.5 Å². The number of thioether (sulfide) groups is 1. The van der Waals surface area contributed by atoms with Crippen LogP contribution in [0.4, 0.5) is 0 Å². The fourth-order valence-electron chi connectivity index (χ4n) is 4.00. The quantitative estimate of drug-likeness (QED) is 0.497. The van der Waals surface area contributed by atoms with E-state index < -0.39 is 0 Å². The molecule has 4 aromatic rings. The molecule has 1 aromatic carbocycles. The monoisotopic (exact) mass is 420 g/mol. The molecule has 1 amide bonds. The van der Waals surface area contributed by atoms with Crippen molar-refractivity contribution in [2.45, 2.75) is 50.7 Å². The number of aromatic nitrogens is 5. The molecule has 8 heteroatoms. The van der Waals surface area contributed by atoms with Gasteiger partial charge in [0.1, 0.15) is 5.52 Å². The van der Waals surface area contributed by atoms with Crippen LogP contribution in [-0.4, -0.2) is 41.9 Å². The van der Waals surface area contributed by atoms with E-state index in [9.17, 15) is 4.79 Å². The van der Waals surface area contributed by atoms with Gasteiger partial charge in [0.05, 0.1) is 11.4 Å². The summed E-state index contributed by atoms with van der Waals surface area (Å²) in [4.78, 5) is 12.3. The molecule has 1 N–H and O–H groups in total. The van der Waals surface area contributed by atoms with Crippen molar-refractivity contribution in [3.05, 3.63) is 47.8 Å². The Balaban J connectivity index is 1.39. The molecule has 0 bridgehead atoms. The van der Waals surface area contributed by atoms with Crippen LogP contribution in [-0.2, 0) is 4.79 Å². The molecule has 0 aliphatic heterocycles. The Hall–Kier alpha value is -2.87. The van der Waals surface area contributed by atoms with Gasteiger partial charge in [-0.15, -0.1) is 10.2 Å². The summed E-state index contributed by atoms with van der Waals surface area (Å²) in [5.41, 5.74) is 6.11. The summed E-state index contributed by atoms with van der Waals surface area (Å²) < 4.78 is 3.75. The number of fused-ring (bicyclic) bond motifs is 3. The summed E-state index contributed by atoms with van der Waals surface area (Å²) in [5.74, 6) is 0.404. The average molecular weight is 421 g/mol. The first kappa shape index (κ1) is 19.1. The zero-order chi connectivity index (χ0) is 20.7. The van der Waals surface area contributed by atoms with E-state index in [2.05, 4.69) is 47.6 Å². The number of benzene rings is 1. The number of hydrogen-bond acceptors (Lipinski definition) is 5. The highest BCUT2D eigenvalue weighted by molar-refractivity contribution is 7.99. The van der Waals surface area contributed by atoms with Crippen molar-refractivity contribution >= 4 is 28.8 Å². The molecule has 1 saturated carbocycles. The van der Waals surface area contributed by atoms with Crippen molar-refractivity contribution in [2.24, 2.45) is 0 Å². The van der Waals surface area contributed by atoms with E-state index in [0.717, 1.165) is 35.3 Å². The first-order valence-corrected chi connectivity index (χ1v) is 11.3. The summed E-state index contributed by atoms with van der Waals surface area (Å²) in [6.07, 6.45) is 8.39. The highest BCUT2D eigenvalue weighted by Gasteiger charge is 2.18. The normalized spacial score (nSPS) is 14.7. The summed E-state index contributed by atoms with van der Waals surface area (Å²) in [6, 6.07) is 8.74. The molecule has 0 atom stereocenters. The number of nitrogens with one attached hydrogen (secondary N) is 1. The maximum absolute atomic E-state index is 12.3. The molecule has 1 aliphatic rings. The maximum atomic E-state index is 12.3. The topological polar surface area (TPSA) is 76.6 Å². The summed E-state index contributed by atoms with van der Waals surface area (Å²) >= 11 is 1.41. The predicted octanol–water partition coefficient (Wildman–Crippen LogP) is 3.81. The van der Waals surface area contributed by atoms with Crippen LogP contribution in [0.2, 0.25) is 0 Å².